The number of benzene rings is 2. The Morgan fingerprint density at radius 3 is 2.63 bits per heavy atom. The fraction of sp³-hybridized carbons (Fsp3) is 0.200. The molecule has 7 heteroatoms. The van der Waals surface area contributed by atoms with Crippen LogP contribution < -0.4 is 10.1 Å². The van der Waals surface area contributed by atoms with Crippen LogP contribution in [-0.2, 0) is 16.0 Å². The fourth-order valence-electron chi connectivity index (χ4n) is 2.66. The largest absolute Gasteiger partial charge is 0.497 e. The van der Waals surface area contributed by atoms with Gasteiger partial charge in [0.2, 0.25) is 11.8 Å². The highest BCUT2D eigenvalue weighted by Gasteiger charge is 2.16. The molecule has 0 bridgehead atoms. The van der Waals surface area contributed by atoms with E-state index in [0.717, 1.165) is 10.9 Å². The van der Waals surface area contributed by atoms with Gasteiger partial charge in [-0.3, -0.25) is 9.59 Å². The number of furan rings is 1. The Balaban J connectivity index is 1.60. The first-order chi connectivity index (χ1) is 13.0. The molecule has 0 fully saturated rings. The quantitative estimate of drug-likeness (QED) is 0.700. The topological polar surface area (TPSA) is 71.8 Å². The lowest BCUT2D eigenvalue weighted by molar-refractivity contribution is -0.132. The van der Waals surface area contributed by atoms with Gasteiger partial charge in [-0.25, -0.2) is 0 Å². The van der Waals surface area contributed by atoms with Gasteiger partial charge >= 0.3 is 0 Å². The van der Waals surface area contributed by atoms with E-state index in [1.165, 1.54) is 4.90 Å². The predicted octanol–water partition coefficient (Wildman–Crippen LogP) is 3.73. The molecule has 0 unspecified atom stereocenters. The highest BCUT2D eigenvalue weighted by atomic mass is 35.5. The lowest BCUT2D eigenvalue weighted by atomic mass is 10.1. The number of nitrogens with zero attached hydrogens (tertiary/aromatic N) is 1. The number of carbonyl (C=O) groups is 2. The number of hydrogen-bond acceptors (Lipinski definition) is 4. The number of rotatable bonds is 6. The van der Waals surface area contributed by atoms with Crippen molar-refractivity contribution < 1.29 is 18.7 Å². The number of methoxy groups -OCH3 is 1. The Morgan fingerprint density at radius 2 is 1.93 bits per heavy atom. The number of anilines is 1. The van der Waals surface area contributed by atoms with Crippen molar-refractivity contribution in [1.82, 2.24) is 4.90 Å². The minimum Gasteiger partial charge on any atom is -0.497 e. The van der Waals surface area contributed by atoms with Crippen LogP contribution in [-0.4, -0.2) is 37.4 Å². The van der Waals surface area contributed by atoms with E-state index in [1.807, 2.05) is 12.1 Å². The fourth-order valence-corrected chi connectivity index (χ4v) is 2.79. The molecule has 0 spiro atoms. The van der Waals surface area contributed by atoms with Crippen LogP contribution in [0.2, 0.25) is 5.02 Å². The number of carbonyl (C=O) groups excluding carboxylic acids is 2. The molecule has 0 saturated heterocycles. The summed E-state index contributed by atoms with van der Waals surface area (Å²) in [4.78, 5) is 26.0. The summed E-state index contributed by atoms with van der Waals surface area (Å²) in [7, 11) is 3.17. The summed E-state index contributed by atoms with van der Waals surface area (Å²) in [6.07, 6.45) is 1.70. The van der Waals surface area contributed by atoms with Crippen molar-refractivity contribution in [2.45, 2.75) is 6.42 Å². The minimum atomic E-state index is -0.282. The van der Waals surface area contributed by atoms with Gasteiger partial charge in [0.15, 0.2) is 0 Å². The normalized spacial score (nSPS) is 10.6. The van der Waals surface area contributed by atoms with E-state index in [9.17, 15) is 9.59 Å². The third-order valence-corrected chi connectivity index (χ3v) is 4.39. The Labute approximate surface area is 161 Å². The van der Waals surface area contributed by atoms with Gasteiger partial charge in [-0.05, 0) is 36.4 Å². The van der Waals surface area contributed by atoms with Crippen molar-refractivity contribution in [3.8, 4) is 5.75 Å². The van der Waals surface area contributed by atoms with Crippen molar-refractivity contribution in [2.75, 3.05) is 26.0 Å². The molecule has 3 rings (SSSR count). The van der Waals surface area contributed by atoms with E-state index in [-0.39, 0.29) is 24.8 Å². The average Bonchev–Trinajstić information content (AvgIpc) is 3.05. The molecule has 0 radical (unpaired) electrons. The molecule has 1 aromatic heterocycles. The number of likely N-dealkylation sites (N-methyl/N-ethyl adjacent to an activating group) is 1. The summed E-state index contributed by atoms with van der Waals surface area (Å²) in [5, 5.41) is 4.17. The number of halogens is 1. The van der Waals surface area contributed by atoms with Gasteiger partial charge < -0.3 is 19.4 Å². The summed E-state index contributed by atoms with van der Waals surface area (Å²) in [5.41, 5.74) is 2.04. The third-order valence-electron chi connectivity index (χ3n) is 4.14. The molecule has 140 valence electrons. The van der Waals surface area contributed by atoms with Crippen molar-refractivity contribution >= 4 is 40.1 Å². The molecular formula is C20H19ClN2O4. The Hall–Kier alpha value is -2.99. The monoisotopic (exact) mass is 386 g/mol. The van der Waals surface area contributed by atoms with Crippen molar-refractivity contribution in [1.29, 1.82) is 0 Å². The molecule has 0 atom stereocenters. The third kappa shape index (κ3) is 4.60. The molecule has 27 heavy (non-hydrogen) atoms. The first-order valence-corrected chi connectivity index (χ1v) is 8.67. The smallest absolute Gasteiger partial charge is 0.243 e. The standard InChI is InChI=1S/C20H19ClN2O4/c1-23(11-19(24)22-15-5-3-14(21)4-6-15)20(25)9-13-12-27-18-10-16(26-2)7-8-17(13)18/h3-8,10,12H,9,11H2,1-2H3,(H,22,24). The second-order valence-electron chi connectivity index (χ2n) is 6.10. The van der Waals surface area contributed by atoms with Gasteiger partial charge in [-0.2, -0.15) is 0 Å². The van der Waals surface area contributed by atoms with Crippen LogP contribution in [0.15, 0.2) is 53.1 Å². The second kappa shape index (κ2) is 8.14. The van der Waals surface area contributed by atoms with Gasteiger partial charge in [0.05, 0.1) is 26.3 Å². The molecule has 0 aliphatic carbocycles. The Kier molecular flexibility index (Phi) is 5.66. The highest BCUT2D eigenvalue weighted by Crippen LogP contribution is 2.26. The molecule has 2 amide bonds. The summed E-state index contributed by atoms with van der Waals surface area (Å²) < 4.78 is 10.7. The van der Waals surface area contributed by atoms with Gasteiger partial charge in [-0.15, -0.1) is 0 Å². The first-order valence-electron chi connectivity index (χ1n) is 8.30. The zero-order valence-corrected chi connectivity index (χ0v) is 15.7. The van der Waals surface area contributed by atoms with Gasteiger partial charge in [0.25, 0.3) is 0 Å². The van der Waals surface area contributed by atoms with Gasteiger partial charge in [-0.1, -0.05) is 11.6 Å². The first kappa shape index (κ1) is 18.8. The van der Waals surface area contributed by atoms with E-state index in [0.29, 0.717) is 22.0 Å². The molecule has 0 saturated carbocycles. The highest BCUT2D eigenvalue weighted by molar-refractivity contribution is 6.30. The molecule has 6 nitrogen and oxygen atoms in total. The van der Waals surface area contributed by atoms with Gasteiger partial charge in [0, 0.05) is 34.8 Å². The van der Waals surface area contributed by atoms with E-state index in [4.69, 9.17) is 20.8 Å². The Morgan fingerprint density at radius 1 is 1.19 bits per heavy atom. The lowest BCUT2D eigenvalue weighted by Gasteiger charge is -2.16. The maximum absolute atomic E-state index is 12.5. The number of fused-ring (bicyclic) bond motifs is 1. The Bertz CT molecular complexity index is 966. The SMILES string of the molecule is COc1ccc2c(CC(=O)N(C)CC(=O)Nc3ccc(Cl)cc3)coc2c1. The van der Waals surface area contributed by atoms with E-state index >= 15 is 0 Å². The molecule has 2 aromatic carbocycles. The van der Waals surface area contributed by atoms with Crippen molar-refractivity contribution in [3.63, 3.8) is 0 Å². The van der Waals surface area contributed by atoms with Gasteiger partial charge in [0.1, 0.15) is 11.3 Å². The molecule has 1 heterocycles. The zero-order chi connectivity index (χ0) is 19.4. The van der Waals surface area contributed by atoms with E-state index in [2.05, 4.69) is 5.32 Å². The molecule has 3 aromatic rings. The summed E-state index contributed by atoms with van der Waals surface area (Å²) >= 11 is 5.82. The molecule has 0 aliphatic heterocycles. The molecular weight excluding hydrogens is 368 g/mol. The maximum atomic E-state index is 12.5. The lowest BCUT2D eigenvalue weighted by Crippen LogP contribution is -2.35. The number of nitrogens with one attached hydrogen (secondary N) is 1. The second-order valence-corrected chi connectivity index (χ2v) is 6.54. The van der Waals surface area contributed by atoms with Crippen molar-refractivity contribution in [2.24, 2.45) is 0 Å². The number of ether oxygens (including phenoxy) is 1. The van der Waals surface area contributed by atoms with Crippen LogP contribution >= 0.6 is 11.6 Å². The van der Waals surface area contributed by atoms with Crippen molar-refractivity contribution in [3.05, 3.63) is 59.3 Å². The van der Waals surface area contributed by atoms with E-state index in [1.54, 1.807) is 50.8 Å². The zero-order valence-electron chi connectivity index (χ0n) is 15.0. The number of hydrogen-bond donors (Lipinski definition) is 1. The maximum Gasteiger partial charge on any atom is 0.243 e. The van der Waals surface area contributed by atoms with Crippen LogP contribution in [0, 0.1) is 0 Å². The minimum absolute atomic E-state index is 0.0505. The summed E-state index contributed by atoms with van der Waals surface area (Å²) in [6, 6.07) is 12.2. The summed E-state index contributed by atoms with van der Waals surface area (Å²) in [5.74, 6) is 0.223. The van der Waals surface area contributed by atoms with Crippen LogP contribution in [0.4, 0.5) is 5.69 Å². The average molecular weight is 387 g/mol. The molecule has 1 N–H and O–H groups in total. The summed E-state index contributed by atoms with van der Waals surface area (Å²) in [6.45, 7) is -0.0505. The van der Waals surface area contributed by atoms with Crippen LogP contribution in [0.1, 0.15) is 5.56 Å². The van der Waals surface area contributed by atoms with Crippen LogP contribution in [0.3, 0.4) is 0 Å². The molecule has 0 aliphatic rings. The number of amides is 2. The predicted molar refractivity (Wildman–Crippen MR) is 104 cm³/mol. The van der Waals surface area contributed by atoms with Crippen LogP contribution in [0.25, 0.3) is 11.0 Å². The van der Waals surface area contributed by atoms with Crippen LogP contribution in [0.5, 0.6) is 5.75 Å². The van der Waals surface area contributed by atoms with E-state index < -0.39 is 0 Å².